The summed E-state index contributed by atoms with van der Waals surface area (Å²) >= 11 is 0. The molecule has 7 heteroatoms. The van der Waals surface area contributed by atoms with Gasteiger partial charge in [-0.2, -0.15) is 5.26 Å². The summed E-state index contributed by atoms with van der Waals surface area (Å²) in [6, 6.07) is 5.46. The zero-order chi connectivity index (χ0) is 12.9. The molecule has 0 fully saturated rings. The largest absolute Gasteiger partial charge is 0.522 e. The minimum absolute atomic E-state index is 0.137. The Morgan fingerprint density at radius 1 is 1.35 bits per heavy atom. The zero-order valence-corrected chi connectivity index (χ0v) is 8.51. The average molecular weight is 248 g/mol. The second-order valence-electron chi connectivity index (χ2n) is 3.00. The molecule has 0 heterocycles. The van der Waals surface area contributed by atoms with Gasteiger partial charge in [-0.1, -0.05) is 6.07 Å². The third kappa shape index (κ3) is 4.28. The molecule has 0 aliphatic rings. The maximum Gasteiger partial charge on any atom is 0.522 e. The standard InChI is InChI=1S/C10H8F4N2O/c11-8-2-1-3-9(7(8)6-15)16-4-5-17-10(12,13)14/h1-3,16H,4-5H2. The molecule has 1 aromatic rings. The van der Waals surface area contributed by atoms with Crippen LogP contribution in [0.3, 0.4) is 0 Å². The number of rotatable bonds is 4. The second kappa shape index (κ2) is 5.50. The maximum absolute atomic E-state index is 13.1. The first-order valence-electron chi connectivity index (χ1n) is 4.57. The van der Waals surface area contributed by atoms with Gasteiger partial charge >= 0.3 is 6.36 Å². The van der Waals surface area contributed by atoms with Crippen LogP contribution in [0.15, 0.2) is 18.2 Å². The fraction of sp³-hybridized carbons (Fsp3) is 0.300. The number of benzene rings is 1. The molecule has 0 radical (unpaired) electrons. The Hall–Kier alpha value is -1.81. The third-order valence-electron chi connectivity index (χ3n) is 1.81. The van der Waals surface area contributed by atoms with Gasteiger partial charge in [-0.05, 0) is 12.1 Å². The molecule has 1 aromatic carbocycles. The first-order chi connectivity index (χ1) is 7.94. The van der Waals surface area contributed by atoms with E-state index in [4.69, 9.17) is 5.26 Å². The predicted octanol–water partition coefficient (Wildman–Crippen LogP) is 2.65. The highest BCUT2D eigenvalue weighted by Gasteiger charge is 2.28. The number of ether oxygens (including phenoxy) is 1. The fourth-order valence-electron chi connectivity index (χ4n) is 1.14. The van der Waals surface area contributed by atoms with Crippen molar-refractivity contribution in [2.75, 3.05) is 18.5 Å². The molecule has 1 rings (SSSR count). The van der Waals surface area contributed by atoms with Crippen LogP contribution >= 0.6 is 0 Å². The Balaban J connectivity index is 2.53. The minimum Gasteiger partial charge on any atom is -0.382 e. The van der Waals surface area contributed by atoms with Crippen molar-refractivity contribution in [1.29, 1.82) is 5.26 Å². The van der Waals surface area contributed by atoms with Crippen molar-refractivity contribution in [2.24, 2.45) is 0 Å². The van der Waals surface area contributed by atoms with Crippen LogP contribution in [-0.2, 0) is 4.74 Å². The molecule has 0 atom stereocenters. The third-order valence-corrected chi connectivity index (χ3v) is 1.81. The maximum atomic E-state index is 13.1. The highest BCUT2D eigenvalue weighted by molar-refractivity contribution is 5.57. The number of nitriles is 1. The van der Waals surface area contributed by atoms with Gasteiger partial charge in [0.15, 0.2) is 0 Å². The molecule has 0 bridgehead atoms. The van der Waals surface area contributed by atoms with Crippen molar-refractivity contribution in [3.8, 4) is 6.07 Å². The highest BCUT2D eigenvalue weighted by Crippen LogP contribution is 2.18. The van der Waals surface area contributed by atoms with Crippen LogP contribution in [-0.4, -0.2) is 19.5 Å². The average Bonchev–Trinajstić information content (AvgIpc) is 2.23. The van der Waals surface area contributed by atoms with Gasteiger partial charge in [-0.25, -0.2) is 4.39 Å². The first kappa shape index (κ1) is 13.3. The summed E-state index contributed by atoms with van der Waals surface area (Å²) in [5.74, 6) is -0.728. The van der Waals surface area contributed by atoms with E-state index in [1.807, 2.05) is 0 Å². The van der Waals surface area contributed by atoms with Crippen molar-refractivity contribution >= 4 is 5.69 Å². The molecule has 17 heavy (non-hydrogen) atoms. The van der Waals surface area contributed by atoms with Crippen molar-refractivity contribution in [3.05, 3.63) is 29.6 Å². The Labute approximate surface area is 94.6 Å². The van der Waals surface area contributed by atoms with Crippen molar-refractivity contribution in [1.82, 2.24) is 0 Å². The van der Waals surface area contributed by atoms with Gasteiger partial charge in [0.2, 0.25) is 0 Å². The summed E-state index contributed by atoms with van der Waals surface area (Å²) in [4.78, 5) is 0. The molecular formula is C10H8F4N2O. The number of hydrogen-bond donors (Lipinski definition) is 1. The van der Waals surface area contributed by atoms with Gasteiger partial charge in [0.25, 0.3) is 0 Å². The highest BCUT2D eigenvalue weighted by atomic mass is 19.4. The van der Waals surface area contributed by atoms with E-state index in [1.54, 1.807) is 6.07 Å². The van der Waals surface area contributed by atoms with Crippen LogP contribution in [0, 0.1) is 17.1 Å². The van der Waals surface area contributed by atoms with E-state index in [9.17, 15) is 17.6 Å². The van der Waals surface area contributed by atoms with Gasteiger partial charge < -0.3 is 5.32 Å². The van der Waals surface area contributed by atoms with Crippen LogP contribution < -0.4 is 5.32 Å². The lowest BCUT2D eigenvalue weighted by Gasteiger charge is -2.10. The molecule has 1 N–H and O–H groups in total. The van der Waals surface area contributed by atoms with Crippen LogP contribution in [0.5, 0.6) is 0 Å². The smallest absolute Gasteiger partial charge is 0.382 e. The molecule has 92 valence electrons. The van der Waals surface area contributed by atoms with Gasteiger partial charge in [0.05, 0.1) is 12.3 Å². The molecule has 0 saturated carbocycles. The number of nitrogens with one attached hydrogen (secondary N) is 1. The van der Waals surface area contributed by atoms with E-state index >= 15 is 0 Å². The summed E-state index contributed by atoms with van der Waals surface area (Å²) in [5, 5.41) is 11.1. The Morgan fingerprint density at radius 3 is 2.65 bits per heavy atom. The normalized spacial score (nSPS) is 11.0. The predicted molar refractivity (Wildman–Crippen MR) is 51.6 cm³/mol. The fourth-order valence-corrected chi connectivity index (χ4v) is 1.14. The lowest BCUT2D eigenvalue weighted by atomic mass is 10.2. The summed E-state index contributed by atoms with van der Waals surface area (Å²) < 4.78 is 51.5. The number of nitrogens with zero attached hydrogens (tertiary/aromatic N) is 1. The topological polar surface area (TPSA) is 45.0 Å². The molecule has 0 aromatic heterocycles. The van der Waals surface area contributed by atoms with E-state index in [-0.39, 0.29) is 17.8 Å². The lowest BCUT2D eigenvalue weighted by Crippen LogP contribution is -2.19. The molecular weight excluding hydrogens is 240 g/mol. The monoisotopic (exact) mass is 248 g/mol. The second-order valence-corrected chi connectivity index (χ2v) is 3.00. The summed E-state index contributed by atoms with van der Waals surface area (Å²) in [7, 11) is 0. The quantitative estimate of drug-likeness (QED) is 0.658. The SMILES string of the molecule is N#Cc1c(F)cccc1NCCOC(F)(F)F. The van der Waals surface area contributed by atoms with Gasteiger partial charge in [0.1, 0.15) is 17.4 Å². The van der Waals surface area contributed by atoms with Crippen LogP contribution in [0.1, 0.15) is 5.56 Å². The summed E-state index contributed by atoms with van der Waals surface area (Å²) in [6.07, 6.45) is -4.69. The van der Waals surface area contributed by atoms with E-state index in [2.05, 4.69) is 10.1 Å². The Bertz CT molecular complexity index is 425. The number of anilines is 1. The van der Waals surface area contributed by atoms with Crippen molar-refractivity contribution in [3.63, 3.8) is 0 Å². The number of halogens is 4. The first-order valence-corrected chi connectivity index (χ1v) is 4.57. The van der Waals surface area contributed by atoms with E-state index in [0.717, 1.165) is 6.07 Å². The van der Waals surface area contributed by atoms with E-state index in [0.29, 0.717) is 0 Å². The van der Waals surface area contributed by atoms with Crippen molar-refractivity contribution in [2.45, 2.75) is 6.36 Å². The van der Waals surface area contributed by atoms with E-state index < -0.39 is 18.8 Å². The van der Waals surface area contributed by atoms with Gasteiger partial charge in [-0.3, -0.25) is 4.74 Å². The summed E-state index contributed by atoms with van der Waals surface area (Å²) in [6.45, 7) is -0.803. The van der Waals surface area contributed by atoms with Crippen molar-refractivity contribution < 1.29 is 22.3 Å². The number of alkyl halides is 3. The molecule has 0 unspecified atom stereocenters. The molecule has 3 nitrogen and oxygen atoms in total. The van der Waals surface area contributed by atoms with Gasteiger partial charge in [0, 0.05) is 6.54 Å². The summed E-state index contributed by atoms with van der Waals surface area (Å²) in [5.41, 5.74) is -0.0993. The molecule has 0 amide bonds. The van der Waals surface area contributed by atoms with Crippen LogP contribution in [0.25, 0.3) is 0 Å². The Kier molecular flexibility index (Phi) is 4.29. The molecule has 0 aliphatic heterocycles. The molecule has 0 aliphatic carbocycles. The van der Waals surface area contributed by atoms with Crippen LogP contribution in [0.2, 0.25) is 0 Å². The minimum atomic E-state index is -4.69. The van der Waals surface area contributed by atoms with Gasteiger partial charge in [-0.15, -0.1) is 13.2 Å². The number of hydrogen-bond acceptors (Lipinski definition) is 3. The molecule has 0 saturated heterocycles. The lowest BCUT2D eigenvalue weighted by molar-refractivity contribution is -0.322. The van der Waals surface area contributed by atoms with Crippen LogP contribution in [0.4, 0.5) is 23.2 Å². The zero-order valence-electron chi connectivity index (χ0n) is 8.51. The molecule has 0 spiro atoms. The van der Waals surface area contributed by atoms with E-state index in [1.165, 1.54) is 12.1 Å². The Morgan fingerprint density at radius 2 is 2.06 bits per heavy atom.